The number of aromatic nitrogens is 1. The van der Waals surface area contributed by atoms with Gasteiger partial charge in [0.15, 0.2) is 22.1 Å². The van der Waals surface area contributed by atoms with Gasteiger partial charge in [0.25, 0.3) is 5.91 Å². The fourth-order valence-corrected chi connectivity index (χ4v) is 5.11. The summed E-state index contributed by atoms with van der Waals surface area (Å²) in [6.45, 7) is 0.970. The van der Waals surface area contributed by atoms with Gasteiger partial charge in [-0.25, -0.2) is 13.4 Å². The summed E-state index contributed by atoms with van der Waals surface area (Å²) < 4.78 is 45.2. The highest BCUT2D eigenvalue weighted by molar-refractivity contribution is 7.89. The number of carbonyl (C=O) groups is 2. The van der Waals surface area contributed by atoms with Crippen LogP contribution in [0.5, 0.6) is 0 Å². The lowest BCUT2D eigenvalue weighted by molar-refractivity contribution is -0.122. The predicted molar refractivity (Wildman–Crippen MR) is 116 cm³/mol. The van der Waals surface area contributed by atoms with Gasteiger partial charge in [0.1, 0.15) is 0 Å². The maximum Gasteiger partial charge on any atom is 0.280 e. The van der Waals surface area contributed by atoms with E-state index in [1.807, 2.05) is 0 Å². The molecule has 0 unspecified atom stereocenters. The monoisotopic (exact) mass is 497 g/mol. The number of ether oxygens (including phenoxy) is 1. The molecule has 2 aliphatic rings. The van der Waals surface area contributed by atoms with Crippen molar-refractivity contribution < 1.29 is 32.0 Å². The molecule has 14 heteroatoms. The molecule has 1 atom stereocenters. The lowest BCUT2D eigenvalue weighted by Crippen LogP contribution is -2.49. The zero-order valence-corrected chi connectivity index (χ0v) is 18.8. The standard InChI is InChI=1S/C19H20FN5O6S2/c20-15-9-22-19(32-15)23-18(27)17(24-31-13-5-8-30-11-13)12-1-3-14(4-2-12)33(28,29)25-7-6-21-16(26)10-25/h1-4,9,13H,5-8,10-11H2,(H,21,26)(H,22,23,27)/b24-17+/t13-/m1/s1. The minimum Gasteiger partial charge on any atom is -0.389 e. The summed E-state index contributed by atoms with van der Waals surface area (Å²) in [5.41, 5.74) is 0.137. The fourth-order valence-electron chi connectivity index (χ4n) is 3.17. The second-order valence-electron chi connectivity index (χ2n) is 7.17. The Morgan fingerprint density at radius 2 is 2.15 bits per heavy atom. The van der Waals surface area contributed by atoms with Crippen molar-refractivity contribution in [3.8, 4) is 0 Å². The molecule has 0 radical (unpaired) electrons. The molecule has 2 saturated heterocycles. The molecule has 3 heterocycles. The van der Waals surface area contributed by atoms with E-state index >= 15 is 0 Å². The van der Waals surface area contributed by atoms with Crippen LogP contribution in [-0.2, 0) is 29.2 Å². The first-order valence-corrected chi connectivity index (χ1v) is 12.2. The first kappa shape index (κ1) is 23.2. The number of rotatable bonds is 7. The molecular weight excluding hydrogens is 477 g/mol. The predicted octanol–water partition coefficient (Wildman–Crippen LogP) is 0.551. The van der Waals surface area contributed by atoms with Gasteiger partial charge < -0.3 is 14.9 Å². The van der Waals surface area contributed by atoms with Crippen molar-refractivity contribution in [2.75, 3.05) is 38.2 Å². The molecule has 1 aromatic heterocycles. The number of hydrogen-bond acceptors (Lipinski definition) is 9. The third kappa shape index (κ3) is 5.52. The molecule has 0 spiro atoms. The number of anilines is 1. The van der Waals surface area contributed by atoms with E-state index < -0.39 is 21.1 Å². The average Bonchev–Trinajstić information content (AvgIpc) is 3.46. The minimum absolute atomic E-state index is 0.0344. The van der Waals surface area contributed by atoms with Crippen LogP contribution in [0.1, 0.15) is 12.0 Å². The Morgan fingerprint density at radius 1 is 1.36 bits per heavy atom. The van der Waals surface area contributed by atoms with Gasteiger partial charge in [-0.05, 0) is 12.1 Å². The number of thiazole rings is 1. The molecule has 2 fully saturated rings. The van der Waals surface area contributed by atoms with Crippen molar-refractivity contribution in [3.63, 3.8) is 0 Å². The molecule has 4 rings (SSSR count). The average molecular weight is 498 g/mol. The molecule has 33 heavy (non-hydrogen) atoms. The third-order valence-corrected chi connectivity index (χ3v) is 7.42. The highest BCUT2D eigenvalue weighted by atomic mass is 32.2. The van der Waals surface area contributed by atoms with Crippen molar-refractivity contribution in [3.05, 3.63) is 41.2 Å². The summed E-state index contributed by atoms with van der Waals surface area (Å²) in [5.74, 6) is -1.08. The van der Waals surface area contributed by atoms with Crippen LogP contribution in [0, 0.1) is 5.13 Å². The Hall–Kier alpha value is -2.94. The van der Waals surface area contributed by atoms with Crippen molar-refractivity contribution in [2.45, 2.75) is 17.4 Å². The van der Waals surface area contributed by atoms with Crippen LogP contribution < -0.4 is 10.6 Å². The van der Waals surface area contributed by atoms with Crippen molar-refractivity contribution in [1.29, 1.82) is 0 Å². The van der Waals surface area contributed by atoms with Crippen LogP contribution >= 0.6 is 11.3 Å². The molecule has 2 aromatic rings. The first-order valence-electron chi connectivity index (χ1n) is 9.94. The van der Waals surface area contributed by atoms with Gasteiger partial charge in [-0.1, -0.05) is 28.6 Å². The van der Waals surface area contributed by atoms with Crippen LogP contribution in [0.15, 0.2) is 40.5 Å². The number of nitrogens with zero attached hydrogens (tertiary/aromatic N) is 3. The highest BCUT2D eigenvalue weighted by Crippen LogP contribution is 2.20. The first-order chi connectivity index (χ1) is 15.8. The Morgan fingerprint density at radius 3 is 2.79 bits per heavy atom. The highest BCUT2D eigenvalue weighted by Gasteiger charge is 2.29. The number of nitrogens with one attached hydrogen (secondary N) is 2. The normalized spacial score (nSPS) is 19.8. The number of halogens is 1. The molecule has 0 aliphatic carbocycles. The molecule has 2 amide bonds. The topological polar surface area (TPSA) is 139 Å². The van der Waals surface area contributed by atoms with E-state index in [1.165, 1.54) is 24.3 Å². The van der Waals surface area contributed by atoms with E-state index in [2.05, 4.69) is 20.8 Å². The maximum atomic E-state index is 13.2. The van der Waals surface area contributed by atoms with Gasteiger partial charge in [-0.3, -0.25) is 14.9 Å². The number of sulfonamides is 1. The summed E-state index contributed by atoms with van der Waals surface area (Å²) in [7, 11) is -3.89. The number of carbonyl (C=O) groups excluding carboxylic acids is 2. The summed E-state index contributed by atoms with van der Waals surface area (Å²) in [6, 6.07) is 5.46. The maximum absolute atomic E-state index is 13.2. The SMILES string of the molecule is O=C1CN(S(=O)(=O)c2ccc(/C(=N\O[C@@H]3CCOC3)C(=O)Nc3ncc(F)s3)cc2)CCN1. The smallest absolute Gasteiger partial charge is 0.280 e. The van der Waals surface area contributed by atoms with Crippen molar-refractivity contribution >= 4 is 44.0 Å². The lowest BCUT2D eigenvalue weighted by atomic mass is 10.1. The number of benzene rings is 1. The van der Waals surface area contributed by atoms with E-state index in [9.17, 15) is 22.4 Å². The molecule has 2 N–H and O–H groups in total. The van der Waals surface area contributed by atoms with Gasteiger partial charge in [-0.15, -0.1) is 0 Å². The van der Waals surface area contributed by atoms with Gasteiger partial charge in [-0.2, -0.15) is 8.70 Å². The second-order valence-corrected chi connectivity index (χ2v) is 10.1. The molecule has 11 nitrogen and oxygen atoms in total. The summed E-state index contributed by atoms with van der Waals surface area (Å²) in [6.07, 6.45) is 1.26. The lowest BCUT2D eigenvalue weighted by Gasteiger charge is -2.25. The van der Waals surface area contributed by atoms with Crippen LogP contribution in [0.4, 0.5) is 9.52 Å². The molecular formula is C19H20FN5O6S2. The van der Waals surface area contributed by atoms with Crippen LogP contribution in [0.25, 0.3) is 0 Å². The quantitative estimate of drug-likeness (QED) is 0.421. The summed E-state index contributed by atoms with van der Waals surface area (Å²) in [4.78, 5) is 33.5. The van der Waals surface area contributed by atoms with E-state index in [0.717, 1.165) is 10.5 Å². The van der Waals surface area contributed by atoms with Crippen LogP contribution in [0.3, 0.4) is 0 Å². The van der Waals surface area contributed by atoms with E-state index in [-0.39, 0.29) is 52.9 Å². The van der Waals surface area contributed by atoms with Crippen LogP contribution in [-0.4, -0.2) is 74.2 Å². The molecule has 0 bridgehead atoms. The number of piperazine rings is 1. The Balaban J connectivity index is 1.57. The summed E-state index contributed by atoms with van der Waals surface area (Å²) in [5, 5.41) is 8.47. The number of oxime groups is 1. The minimum atomic E-state index is -3.89. The Labute approximate surface area is 192 Å². The van der Waals surface area contributed by atoms with Crippen molar-refractivity contribution in [1.82, 2.24) is 14.6 Å². The van der Waals surface area contributed by atoms with E-state index in [4.69, 9.17) is 9.57 Å². The van der Waals surface area contributed by atoms with Gasteiger partial charge in [0, 0.05) is 25.1 Å². The largest absolute Gasteiger partial charge is 0.389 e. The number of amides is 2. The number of hydrogen-bond donors (Lipinski definition) is 2. The zero-order valence-electron chi connectivity index (χ0n) is 17.2. The zero-order chi connectivity index (χ0) is 23.4. The van der Waals surface area contributed by atoms with Crippen LogP contribution in [0.2, 0.25) is 0 Å². The molecule has 176 valence electrons. The molecule has 1 aromatic carbocycles. The third-order valence-electron chi connectivity index (χ3n) is 4.86. The van der Waals surface area contributed by atoms with E-state index in [0.29, 0.717) is 31.0 Å². The second kappa shape index (κ2) is 9.91. The van der Waals surface area contributed by atoms with Crippen molar-refractivity contribution in [2.24, 2.45) is 5.16 Å². The van der Waals surface area contributed by atoms with Gasteiger partial charge >= 0.3 is 0 Å². The molecule has 2 aliphatic heterocycles. The Bertz CT molecular complexity index is 1160. The summed E-state index contributed by atoms with van der Waals surface area (Å²) >= 11 is 0.651. The Kier molecular flexibility index (Phi) is 6.97. The van der Waals surface area contributed by atoms with Gasteiger partial charge in [0.2, 0.25) is 15.9 Å². The van der Waals surface area contributed by atoms with E-state index in [1.54, 1.807) is 0 Å². The van der Waals surface area contributed by atoms with Gasteiger partial charge in [0.05, 0.1) is 30.9 Å². The molecule has 0 saturated carbocycles. The fraction of sp³-hybridized carbons (Fsp3) is 0.368.